The fourth-order valence-corrected chi connectivity index (χ4v) is 1.11. The van der Waals surface area contributed by atoms with Crippen LogP contribution in [0.3, 0.4) is 0 Å². The van der Waals surface area contributed by atoms with Gasteiger partial charge in [0.15, 0.2) is 11.6 Å². The van der Waals surface area contributed by atoms with E-state index in [9.17, 15) is 13.2 Å². The van der Waals surface area contributed by atoms with E-state index in [1.807, 2.05) is 0 Å². The normalized spacial score (nSPS) is 10.0. The summed E-state index contributed by atoms with van der Waals surface area (Å²) in [6.07, 6.45) is 0. The zero-order chi connectivity index (χ0) is 9.14. The van der Waals surface area contributed by atoms with E-state index in [2.05, 4.69) is 3.53 Å². The van der Waals surface area contributed by atoms with Crippen molar-refractivity contribution in [1.82, 2.24) is 0 Å². The van der Waals surface area contributed by atoms with Crippen molar-refractivity contribution in [3.63, 3.8) is 0 Å². The van der Waals surface area contributed by atoms with Gasteiger partial charge >= 0.3 is 0 Å². The van der Waals surface area contributed by atoms with Crippen molar-refractivity contribution in [2.75, 3.05) is 3.53 Å². The van der Waals surface area contributed by atoms with Crippen LogP contribution in [0.1, 0.15) is 5.56 Å². The summed E-state index contributed by atoms with van der Waals surface area (Å²) in [5.74, 6) is -2.16. The first-order valence-electron chi connectivity index (χ1n) is 3.09. The van der Waals surface area contributed by atoms with Gasteiger partial charge in [0, 0.05) is 17.3 Å². The molecule has 0 radical (unpaired) electrons. The molecular formula is C7H5F3IN. The van der Waals surface area contributed by atoms with E-state index in [0.717, 1.165) is 6.07 Å². The van der Waals surface area contributed by atoms with Crippen LogP contribution in [-0.2, 0) is 6.67 Å². The summed E-state index contributed by atoms with van der Waals surface area (Å²) in [5, 5.41) is 0. The van der Waals surface area contributed by atoms with Gasteiger partial charge in [0.2, 0.25) is 0 Å². The van der Waals surface area contributed by atoms with Crippen LogP contribution in [0.25, 0.3) is 0 Å². The predicted molar refractivity (Wildman–Crippen MR) is 48.8 cm³/mol. The molecule has 0 spiro atoms. The molecule has 1 rings (SSSR count). The number of anilines is 1. The molecule has 1 N–H and O–H groups in total. The summed E-state index contributed by atoms with van der Waals surface area (Å²) in [7, 11) is 0. The Labute approximate surface area is 81.5 Å². The molecule has 1 nitrogen and oxygen atoms in total. The Morgan fingerprint density at radius 1 is 1.33 bits per heavy atom. The largest absolute Gasteiger partial charge is 0.328 e. The van der Waals surface area contributed by atoms with E-state index in [-0.39, 0.29) is 5.56 Å². The van der Waals surface area contributed by atoms with Crippen LogP contribution in [-0.4, -0.2) is 0 Å². The molecule has 0 unspecified atom stereocenters. The van der Waals surface area contributed by atoms with Gasteiger partial charge in [-0.05, 0) is 6.07 Å². The standard InChI is InChI=1S/C7H5F3IN/c8-3-4-1-5(12-11)2-6(9)7(4)10/h1-2,12H,3H2. The Kier molecular flexibility index (Phi) is 3.19. The van der Waals surface area contributed by atoms with E-state index in [4.69, 9.17) is 0 Å². The maximum absolute atomic E-state index is 12.7. The highest BCUT2D eigenvalue weighted by atomic mass is 127. The summed E-state index contributed by atoms with van der Waals surface area (Å²) >= 11 is 1.75. The Morgan fingerprint density at radius 3 is 2.50 bits per heavy atom. The topological polar surface area (TPSA) is 12.0 Å². The minimum atomic E-state index is -1.12. The van der Waals surface area contributed by atoms with Gasteiger partial charge in [-0.25, -0.2) is 13.2 Å². The summed E-state index contributed by atoms with van der Waals surface area (Å²) in [6, 6.07) is 2.20. The Hall–Kier alpha value is -0.460. The molecule has 0 aliphatic rings. The Balaban J connectivity index is 3.19. The molecule has 0 bridgehead atoms. The quantitative estimate of drug-likeness (QED) is 0.650. The molecule has 1 aromatic carbocycles. The average Bonchev–Trinajstić information content (AvgIpc) is 2.09. The highest BCUT2D eigenvalue weighted by molar-refractivity contribution is 14.1. The first-order valence-corrected chi connectivity index (χ1v) is 4.17. The molecule has 0 amide bonds. The summed E-state index contributed by atoms with van der Waals surface area (Å²) < 4.78 is 39.9. The van der Waals surface area contributed by atoms with Crippen molar-refractivity contribution in [2.24, 2.45) is 0 Å². The summed E-state index contributed by atoms with van der Waals surface area (Å²) in [4.78, 5) is 0. The summed E-state index contributed by atoms with van der Waals surface area (Å²) in [6.45, 7) is -1.01. The van der Waals surface area contributed by atoms with Gasteiger partial charge in [0.05, 0.1) is 22.9 Å². The number of alkyl halides is 1. The molecular weight excluding hydrogens is 282 g/mol. The van der Waals surface area contributed by atoms with E-state index >= 15 is 0 Å². The maximum Gasteiger partial charge on any atom is 0.164 e. The molecule has 0 aliphatic heterocycles. The van der Waals surface area contributed by atoms with Crippen LogP contribution in [0.4, 0.5) is 18.9 Å². The van der Waals surface area contributed by atoms with Gasteiger partial charge in [0.25, 0.3) is 0 Å². The minimum absolute atomic E-state index is 0.269. The van der Waals surface area contributed by atoms with Gasteiger partial charge in [0.1, 0.15) is 6.67 Å². The first kappa shape index (κ1) is 9.63. The highest BCUT2D eigenvalue weighted by Crippen LogP contribution is 2.20. The van der Waals surface area contributed by atoms with E-state index < -0.39 is 18.3 Å². The smallest absolute Gasteiger partial charge is 0.164 e. The molecule has 12 heavy (non-hydrogen) atoms. The lowest BCUT2D eigenvalue weighted by molar-refractivity contribution is 0.441. The number of rotatable bonds is 2. The van der Waals surface area contributed by atoms with Gasteiger partial charge in [-0.1, -0.05) is 0 Å². The van der Waals surface area contributed by atoms with Crippen molar-refractivity contribution in [3.8, 4) is 0 Å². The molecule has 0 aromatic heterocycles. The number of benzene rings is 1. The first-order chi connectivity index (χ1) is 5.69. The maximum atomic E-state index is 12.7. The van der Waals surface area contributed by atoms with Crippen molar-refractivity contribution < 1.29 is 13.2 Å². The van der Waals surface area contributed by atoms with Gasteiger partial charge in [-0.2, -0.15) is 0 Å². The molecule has 0 fully saturated rings. The van der Waals surface area contributed by atoms with Crippen LogP contribution in [0.5, 0.6) is 0 Å². The van der Waals surface area contributed by atoms with Crippen molar-refractivity contribution in [1.29, 1.82) is 0 Å². The lowest BCUT2D eigenvalue weighted by atomic mass is 10.2. The second-order valence-electron chi connectivity index (χ2n) is 2.16. The predicted octanol–water partition coefficient (Wildman–Crippen LogP) is 3.20. The van der Waals surface area contributed by atoms with E-state index in [1.54, 1.807) is 22.9 Å². The molecule has 1 aromatic rings. The summed E-state index contributed by atoms with van der Waals surface area (Å²) in [5.41, 5.74) is 0.0799. The molecule has 0 saturated heterocycles. The monoisotopic (exact) mass is 287 g/mol. The minimum Gasteiger partial charge on any atom is -0.328 e. The van der Waals surface area contributed by atoms with E-state index in [1.165, 1.54) is 6.07 Å². The van der Waals surface area contributed by atoms with E-state index in [0.29, 0.717) is 5.69 Å². The SMILES string of the molecule is FCc1cc(NI)cc(F)c1F. The number of hydrogen-bond donors (Lipinski definition) is 1. The van der Waals surface area contributed by atoms with Crippen LogP contribution < -0.4 is 3.53 Å². The highest BCUT2D eigenvalue weighted by Gasteiger charge is 2.09. The molecule has 66 valence electrons. The third-order valence-electron chi connectivity index (χ3n) is 1.36. The zero-order valence-corrected chi connectivity index (χ0v) is 8.03. The van der Waals surface area contributed by atoms with Crippen LogP contribution in [0.15, 0.2) is 12.1 Å². The van der Waals surface area contributed by atoms with Crippen molar-refractivity contribution in [3.05, 3.63) is 29.3 Å². The Morgan fingerprint density at radius 2 is 2.00 bits per heavy atom. The lowest BCUT2D eigenvalue weighted by Gasteiger charge is -2.02. The third-order valence-corrected chi connectivity index (χ3v) is 1.98. The van der Waals surface area contributed by atoms with Gasteiger partial charge in [-0.3, -0.25) is 0 Å². The van der Waals surface area contributed by atoms with Crippen molar-refractivity contribution >= 4 is 28.6 Å². The van der Waals surface area contributed by atoms with Crippen LogP contribution >= 0.6 is 22.9 Å². The molecule has 0 atom stereocenters. The molecule has 0 aliphatic carbocycles. The van der Waals surface area contributed by atoms with Crippen molar-refractivity contribution in [2.45, 2.75) is 6.67 Å². The molecule has 5 heteroatoms. The Bertz CT molecular complexity index is 290. The van der Waals surface area contributed by atoms with Gasteiger partial charge in [-0.15, -0.1) is 0 Å². The second kappa shape index (κ2) is 3.97. The average molecular weight is 287 g/mol. The van der Waals surface area contributed by atoms with Crippen LogP contribution in [0, 0.1) is 11.6 Å². The number of halogens is 4. The van der Waals surface area contributed by atoms with Crippen LogP contribution in [0.2, 0.25) is 0 Å². The molecule has 0 saturated carbocycles. The fraction of sp³-hybridized carbons (Fsp3) is 0.143. The fourth-order valence-electron chi connectivity index (χ4n) is 0.798. The number of hydrogen-bond acceptors (Lipinski definition) is 1. The number of nitrogens with one attached hydrogen (secondary N) is 1. The second-order valence-corrected chi connectivity index (χ2v) is 2.70. The lowest BCUT2D eigenvalue weighted by Crippen LogP contribution is -1.94. The van der Waals surface area contributed by atoms with Gasteiger partial charge < -0.3 is 3.53 Å². The third kappa shape index (κ3) is 1.82. The molecule has 0 heterocycles. The zero-order valence-electron chi connectivity index (χ0n) is 5.87.